The minimum absolute atomic E-state index is 0.0271. The van der Waals surface area contributed by atoms with Gasteiger partial charge in [0.15, 0.2) is 0 Å². The average molecular weight is 479 g/mol. The molecule has 0 spiro atoms. The highest BCUT2D eigenvalue weighted by atomic mass is 127. The second kappa shape index (κ2) is 8.28. The van der Waals surface area contributed by atoms with Crippen LogP contribution in [0, 0.1) is 3.57 Å². The molecule has 0 bridgehead atoms. The Bertz CT molecular complexity index is 808. The lowest BCUT2D eigenvalue weighted by Crippen LogP contribution is -2.30. The standard InChI is InChI=1S/C16H16ClIN2O3S/c1-24(22,23)20-15(11-2-4-12(17)5-3-11)10-16(21)19-14-8-6-13(18)7-9-14/h2-9,15,20H,10H2,1H3,(H,19,21)/t15-/m1/s1. The number of benzene rings is 2. The van der Waals surface area contributed by atoms with Crippen molar-refractivity contribution in [2.75, 3.05) is 11.6 Å². The summed E-state index contributed by atoms with van der Waals surface area (Å²) < 4.78 is 26.7. The molecule has 0 fully saturated rings. The zero-order chi connectivity index (χ0) is 17.7. The van der Waals surface area contributed by atoms with Crippen LogP contribution in [0.15, 0.2) is 48.5 Å². The highest BCUT2D eigenvalue weighted by Gasteiger charge is 2.20. The third-order valence-corrected chi connectivity index (χ3v) is 4.83. The van der Waals surface area contributed by atoms with Crippen LogP contribution in [0.2, 0.25) is 5.02 Å². The fourth-order valence-corrected chi connectivity index (χ4v) is 3.33. The number of hydrogen-bond donors (Lipinski definition) is 2. The molecule has 0 saturated heterocycles. The van der Waals surface area contributed by atoms with Crippen LogP contribution in [0.25, 0.3) is 0 Å². The number of nitrogens with one attached hydrogen (secondary N) is 2. The Morgan fingerprint density at radius 1 is 1.12 bits per heavy atom. The lowest BCUT2D eigenvalue weighted by Gasteiger charge is -2.18. The van der Waals surface area contributed by atoms with Gasteiger partial charge >= 0.3 is 0 Å². The average Bonchev–Trinajstić information content (AvgIpc) is 2.48. The molecule has 0 aliphatic carbocycles. The number of rotatable bonds is 6. The van der Waals surface area contributed by atoms with Gasteiger partial charge in [-0.05, 0) is 64.6 Å². The molecule has 2 aromatic carbocycles. The Labute approximate surface area is 160 Å². The van der Waals surface area contributed by atoms with Gasteiger partial charge in [-0.25, -0.2) is 13.1 Å². The number of halogens is 2. The van der Waals surface area contributed by atoms with Gasteiger partial charge in [0.2, 0.25) is 15.9 Å². The van der Waals surface area contributed by atoms with Crippen LogP contribution in [0.3, 0.4) is 0 Å². The maximum absolute atomic E-state index is 12.3. The summed E-state index contributed by atoms with van der Waals surface area (Å²) in [7, 11) is -3.47. The van der Waals surface area contributed by atoms with Gasteiger partial charge in [-0.15, -0.1) is 0 Å². The van der Waals surface area contributed by atoms with Gasteiger partial charge in [0.1, 0.15) is 0 Å². The molecule has 0 radical (unpaired) electrons. The smallest absolute Gasteiger partial charge is 0.226 e. The van der Waals surface area contributed by atoms with Crippen LogP contribution < -0.4 is 10.0 Å². The molecular formula is C16H16ClIN2O3S. The van der Waals surface area contributed by atoms with Gasteiger partial charge in [-0.3, -0.25) is 4.79 Å². The predicted octanol–water partition coefficient (Wildman–Crippen LogP) is 3.56. The number of anilines is 1. The van der Waals surface area contributed by atoms with Gasteiger partial charge in [0, 0.05) is 20.7 Å². The number of carbonyl (C=O) groups is 1. The van der Waals surface area contributed by atoms with E-state index in [1.54, 1.807) is 36.4 Å². The van der Waals surface area contributed by atoms with Gasteiger partial charge in [0.25, 0.3) is 0 Å². The van der Waals surface area contributed by atoms with Crippen LogP contribution in [0.5, 0.6) is 0 Å². The minimum atomic E-state index is -3.47. The van der Waals surface area contributed by atoms with E-state index >= 15 is 0 Å². The highest BCUT2D eigenvalue weighted by molar-refractivity contribution is 14.1. The van der Waals surface area contributed by atoms with Crippen molar-refractivity contribution in [3.63, 3.8) is 0 Å². The third-order valence-electron chi connectivity index (χ3n) is 3.15. The molecule has 1 atom stereocenters. The Hall–Kier alpha value is -1.16. The van der Waals surface area contributed by atoms with Crippen molar-refractivity contribution in [2.45, 2.75) is 12.5 Å². The van der Waals surface area contributed by atoms with Crippen LogP contribution in [0.1, 0.15) is 18.0 Å². The van der Waals surface area contributed by atoms with E-state index in [0.29, 0.717) is 16.3 Å². The second-order valence-electron chi connectivity index (χ2n) is 5.25. The number of amides is 1. The van der Waals surface area contributed by atoms with Crippen molar-refractivity contribution < 1.29 is 13.2 Å². The SMILES string of the molecule is CS(=O)(=O)N[C@H](CC(=O)Nc1ccc(I)cc1)c1ccc(Cl)cc1. The summed E-state index contributed by atoms with van der Waals surface area (Å²) >= 11 is 8.03. The third kappa shape index (κ3) is 6.39. The maximum Gasteiger partial charge on any atom is 0.226 e. The van der Waals surface area contributed by atoms with Gasteiger partial charge in [-0.2, -0.15) is 0 Å². The summed E-state index contributed by atoms with van der Waals surface area (Å²) in [4.78, 5) is 12.3. The second-order valence-corrected chi connectivity index (χ2v) is 8.72. The lowest BCUT2D eigenvalue weighted by molar-refractivity contribution is -0.116. The Balaban J connectivity index is 2.13. The van der Waals surface area contributed by atoms with Crippen LogP contribution in [0.4, 0.5) is 5.69 Å². The molecule has 1 amide bonds. The maximum atomic E-state index is 12.3. The summed E-state index contributed by atoms with van der Waals surface area (Å²) in [6.45, 7) is 0. The molecule has 0 unspecified atom stereocenters. The first-order chi connectivity index (χ1) is 11.2. The van der Waals surface area contributed by atoms with Gasteiger partial charge in [-0.1, -0.05) is 23.7 Å². The van der Waals surface area contributed by atoms with Gasteiger partial charge < -0.3 is 5.32 Å². The lowest BCUT2D eigenvalue weighted by atomic mass is 10.0. The molecule has 5 nitrogen and oxygen atoms in total. The highest BCUT2D eigenvalue weighted by Crippen LogP contribution is 2.21. The molecule has 8 heteroatoms. The van der Waals surface area contributed by atoms with Crippen LogP contribution >= 0.6 is 34.2 Å². The normalized spacial score (nSPS) is 12.6. The van der Waals surface area contributed by atoms with E-state index in [0.717, 1.165) is 9.83 Å². The monoisotopic (exact) mass is 478 g/mol. The first-order valence-corrected chi connectivity index (χ1v) is 10.4. The quantitative estimate of drug-likeness (QED) is 0.624. The molecule has 2 aromatic rings. The summed E-state index contributed by atoms with van der Waals surface area (Å²) in [5.74, 6) is -0.285. The topological polar surface area (TPSA) is 75.3 Å². The molecule has 2 rings (SSSR count). The Kier molecular flexibility index (Phi) is 6.62. The van der Waals surface area contributed by atoms with Gasteiger partial charge in [0.05, 0.1) is 12.3 Å². The zero-order valence-corrected chi connectivity index (χ0v) is 16.5. The Morgan fingerprint density at radius 3 is 2.25 bits per heavy atom. The van der Waals surface area contributed by atoms with E-state index in [1.165, 1.54) is 0 Å². The van der Waals surface area contributed by atoms with E-state index in [-0.39, 0.29) is 12.3 Å². The largest absolute Gasteiger partial charge is 0.326 e. The zero-order valence-electron chi connectivity index (χ0n) is 12.8. The van der Waals surface area contributed by atoms with Crippen molar-refractivity contribution in [1.82, 2.24) is 4.72 Å². The minimum Gasteiger partial charge on any atom is -0.326 e. The van der Waals surface area contributed by atoms with Crippen molar-refractivity contribution in [1.29, 1.82) is 0 Å². The van der Waals surface area contributed by atoms with Crippen molar-refractivity contribution in [3.8, 4) is 0 Å². The van der Waals surface area contributed by atoms with Crippen LogP contribution in [-0.2, 0) is 14.8 Å². The van der Waals surface area contributed by atoms with Crippen LogP contribution in [-0.4, -0.2) is 20.6 Å². The summed E-state index contributed by atoms with van der Waals surface area (Å²) in [6, 6.07) is 13.4. The number of hydrogen-bond acceptors (Lipinski definition) is 3. The van der Waals surface area contributed by atoms with Crippen molar-refractivity contribution in [3.05, 3.63) is 62.7 Å². The number of sulfonamides is 1. The van der Waals surface area contributed by atoms with Crippen molar-refractivity contribution >= 4 is 55.8 Å². The van der Waals surface area contributed by atoms with E-state index in [2.05, 4.69) is 32.6 Å². The van der Waals surface area contributed by atoms with Crippen molar-refractivity contribution in [2.24, 2.45) is 0 Å². The Morgan fingerprint density at radius 2 is 1.71 bits per heavy atom. The summed E-state index contributed by atoms with van der Waals surface area (Å²) in [6.07, 6.45) is 1.04. The molecule has 0 aliphatic rings. The van der Waals surface area contributed by atoms with E-state index < -0.39 is 16.1 Å². The van der Waals surface area contributed by atoms with E-state index in [9.17, 15) is 13.2 Å². The first kappa shape index (κ1) is 19.2. The molecule has 0 heterocycles. The van der Waals surface area contributed by atoms with E-state index in [1.807, 2.05) is 12.1 Å². The molecule has 0 saturated carbocycles. The fraction of sp³-hybridized carbons (Fsp3) is 0.188. The fourth-order valence-electron chi connectivity index (χ4n) is 2.11. The molecule has 0 aromatic heterocycles. The van der Waals surface area contributed by atoms with E-state index in [4.69, 9.17) is 11.6 Å². The summed E-state index contributed by atoms with van der Waals surface area (Å²) in [5.41, 5.74) is 1.33. The number of carbonyl (C=O) groups excluding carboxylic acids is 1. The summed E-state index contributed by atoms with van der Waals surface area (Å²) in [5, 5.41) is 3.31. The molecule has 128 valence electrons. The molecule has 2 N–H and O–H groups in total. The molecule has 24 heavy (non-hydrogen) atoms. The first-order valence-electron chi connectivity index (χ1n) is 7.01. The predicted molar refractivity (Wildman–Crippen MR) is 105 cm³/mol. The molecular weight excluding hydrogens is 463 g/mol. The molecule has 0 aliphatic heterocycles.